The summed E-state index contributed by atoms with van der Waals surface area (Å²) in [5, 5.41) is 5.76. The van der Waals surface area contributed by atoms with E-state index in [1.54, 1.807) is 48.4 Å². The molecule has 1 N–H and O–H groups in total. The Morgan fingerprint density at radius 2 is 1.71 bits per heavy atom. The number of fused-ring (bicyclic) bond motifs is 3. The minimum atomic E-state index is 0.234. The molecule has 34 heavy (non-hydrogen) atoms. The first-order valence-corrected chi connectivity index (χ1v) is 13.1. The highest BCUT2D eigenvalue weighted by atomic mass is 32.1. The summed E-state index contributed by atoms with van der Waals surface area (Å²) in [5.74, 6) is 0.552. The number of hydrogen-bond donors (Lipinski definition) is 1. The average Bonchev–Trinajstić information content (AvgIpc) is 3.48. The van der Waals surface area contributed by atoms with Gasteiger partial charge in [-0.1, -0.05) is 22.7 Å². The van der Waals surface area contributed by atoms with Gasteiger partial charge in [0.1, 0.15) is 10.7 Å². The van der Waals surface area contributed by atoms with E-state index in [1.807, 2.05) is 12.1 Å². The lowest BCUT2D eigenvalue weighted by Gasteiger charge is -2.45. The third kappa shape index (κ3) is 3.83. The van der Waals surface area contributed by atoms with Gasteiger partial charge in [0.05, 0.1) is 25.2 Å². The molecule has 2 aliphatic heterocycles. The number of anilines is 1. The number of pyridine rings is 1. The Balaban J connectivity index is 1.22. The maximum absolute atomic E-state index is 5.20. The molecule has 4 aromatic heterocycles. The fourth-order valence-electron chi connectivity index (χ4n) is 5.41. The lowest BCUT2D eigenvalue weighted by Crippen LogP contribution is -2.58. The van der Waals surface area contributed by atoms with Gasteiger partial charge < -0.3 is 15.0 Å². The Hall–Kier alpha value is -2.69. The van der Waals surface area contributed by atoms with Crippen LogP contribution >= 0.6 is 22.7 Å². The van der Waals surface area contributed by atoms with Crippen molar-refractivity contribution in [1.29, 1.82) is 0 Å². The van der Waals surface area contributed by atoms with Crippen molar-refractivity contribution in [2.24, 2.45) is 0 Å². The first kappa shape index (κ1) is 21.8. The van der Waals surface area contributed by atoms with Crippen LogP contribution in [0.25, 0.3) is 31.6 Å². The number of thiazole rings is 2. The van der Waals surface area contributed by atoms with Gasteiger partial charge in [0.2, 0.25) is 5.88 Å². The second kappa shape index (κ2) is 7.93. The summed E-state index contributed by atoms with van der Waals surface area (Å²) in [6, 6.07) is 4.23. The van der Waals surface area contributed by atoms with Gasteiger partial charge in [-0.25, -0.2) is 19.9 Å². The Kier molecular flexibility index (Phi) is 5.09. The van der Waals surface area contributed by atoms with Crippen molar-refractivity contribution < 1.29 is 4.74 Å². The molecule has 10 heteroatoms. The lowest BCUT2D eigenvalue weighted by atomic mass is 9.84. The first-order chi connectivity index (χ1) is 16.3. The van der Waals surface area contributed by atoms with Gasteiger partial charge in [0.15, 0.2) is 14.8 Å². The fourth-order valence-corrected chi connectivity index (χ4v) is 7.45. The largest absolute Gasteiger partial charge is 0.481 e. The van der Waals surface area contributed by atoms with Crippen LogP contribution < -0.4 is 15.0 Å². The topological polar surface area (TPSA) is 89.0 Å². The Morgan fingerprint density at radius 3 is 2.38 bits per heavy atom. The molecule has 0 saturated carbocycles. The summed E-state index contributed by atoms with van der Waals surface area (Å²) in [7, 11) is 3.78. The van der Waals surface area contributed by atoms with E-state index in [4.69, 9.17) is 14.7 Å². The SMILES string of the molecule is COc1cc(-c2cnc(-c3nc4sc(N(C)C5C[C@]6(C)CC[C@](C)(C5)N6)nc4s3)cn2)ccn1. The van der Waals surface area contributed by atoms with Crippen molar-refractivity contribution in [3.8, 4) is 27.8 Å². The van der Waals surface area contributed by atoms with Crippen LogP contribution in [0.3, 0.4) is 0 Å². The molecular formula is C24H27N7OS2. The first-order valence-electron chi connectivity index (χ1n) is 11.5. The summed E-state index contributed by atoms with van der Waals surface area (Å²) in [5.41, 5.74) is 2.90. The number of methoxy groups -OCH3 is 1. The van der Waals surface area contributed by atoms with Crippen LogP contribution in [0.1, 0.15) is 39.5 Å². The molecule has 0 aliphatic carbocycles. The third-order valence-electron chi connectivity index (χ3n) is 7.13. The van der Waals surface area contributed by atoms with Crippen molar-refractivity contribution >= 4 is 37.5 Å². The molecule has 176 valence electrons. The van der Waals surface area contributed by atoms with Gasteiger partial charge in [-0.3, -0.25) is 4.98 Å². The average molecular weight is 494 g/mol. The van der Waals surface area contributed by atoms with Gasteiger partial charge in [-0.15, -0.1) is 0 Å². The minimum Gasteiger partial charge on any atom is -0.481 e. The van der Waals surface area contributed by atoms with E-state index in [0.29, 0.717) is 11.9 Å². The highest BCUT2D eigenvalue weighted by Crippen LogP contribution is 2.45. The molecule has 3 atom stereocenters. The predicted molar refractivity (Wildman–Crippen MR) is 137 cm³/mol. The molecule has 0 amide bonds. The van der Waals surface area contributed by atoms with Crippen molar-refractivity contribution in [2.75, 3.05) is 19.1 Å². The fraction of sp³-hybridized carbons (Fsp3) is 0.458. The van der Waals surface area contributed by atoms with Gasteiger partial charge in [-0.2, -0.15) is 0 Å². The van der Waals surface area contributed by atoms with Crippen LogP contribution in [0.2, 0.25) is 0 Å². The lowest BCUT2D eigenvalue weighted by molar-refractivity contribution is 0.208. The molecule has 6 heterocycles. The zero-order chi connectivity index (χ0) is 23.5. The second-order valence-electron chi connectivity index (χ2n) is 9.92. The Labute approximate surface area is 206 Å². The van der Waals surface area contributed by atoms with Crippen LogP contribution in [0, 0.1) is 0 Å². The van der Waals surface area contributed by atoms with Crippen molar-refractivity contribution in [3.63, 3.8) is 0 Å². The highest BCUT2D eigenvalue weighted by Gasteiger charge is 2.49. The van der Waals surface area contributed by atoms with Crippen molar-refractivity contribution in [1.82, 2.24) is 30.2 Å². The van der Waals surface area contributed by atoms with Crippen LogP contribution in [0.15, 0.2) is 30.7 Å². The molecule has 2 fully saturated rings. The van der Waals surface area contributed by atoms with Gasteiger partial charge in [0.25, 0.3) is 0 Å². The number of hydrogen-bond acceptors (Lipinski definition) is 10. The van der Waals surface area contributed by atoms with Gasteiger partial charge >= 0.3 is 0 Å². The smallest absolute Gasteiger partial charge is 0.213 e. The van der Waals surface area contributed by atoms with E-state index in [9.17, 15) is 0 Å². The van der Waals surface area contributed by atoms with Crippen LogP contribution in [-0.4, -0.2) is 56.2 Å². The van der Waals surface area contributed by atoms with Gasteiger partial charge in [-0.05, 0) is 45.6 Å². The molecule has 2 bridgehead atoms. The molecule has 2 saturated heterocycles. The van der Waals surface area contributed by atoms with Gasteiger partial charge in [0, 0.05) is 42.0 Å². The summed E-state index contributed by atoms with van der Waals surface area (Å²) >= 11 is 3.24. The van der Waals surface area contributed by atoms with E-state index in [2.05, 4.69) is 46.1 Å². The van der Waals surface area contributed by atoms with E-state index in [1.165, 1.54) is 12.8 Å². The van der Waals surface area contributed by atoms with E-state index >= 15 is 0 Å². The molecule has 6 rings (SSSR count). The normalized spacial score (nSPS) is 26.2. The molecule has 4 aromatic rings. The molecule has 2 aliphatic rings. The predicted octanol–water partition coefficient (Wildman–Crippen LogP) is 4.78. The summed E-state index contributed by atoms with van der Waals surface area (Å²) in [6.07, 6.45) is 10.0. The molecule has 8 nitrogen and oxygen atoms in total. The number of piperidine rings is 1. The monoisotopic (exact) mass is 493 g/mol. The zero-order valence-corrected chi connectivity index (χ0v) is 21.3. The van der Waals surface area contributed by atoms with Crippen molar-refractivity contribution in [2.45, 2.75) is 56.7 Å². The van der Waals surface area contributed by atoms with Crippen molar-refractivity contribution in [3.05, 3.63) is 30.7 Å². The molecule has 0 aromatic carbocycles. The maximum Gasteiger partial charge on any atom is 0.213 e. The number of nitrogens with one attached hydrogen (secondary N) is 1. The molecule has 0 radical (unpaired) electrons. The number of ether oxygens (including phenoxy) is 1. The number of aromatic nitrogens is 5. The van der Waals surface area contributed by atoms with E-state index < -0.39 is 0 Å². The number of rotatable bonds is 5. The maximum atomic E-state index is 5.20. The third-order valence-corrected chi connectivity index (χ3v) is 9.27. The number of nitrogens with zero attached hydrogens (tertiary/aromatic N) is 6. The molecule has 1 unspecified atom stereocenters. The minimum absolute atomic E-state index is 0.234. The Morgan fingerprint density at radius 1 is 1.00 bits per heavy atom. The summed E-state index contributed by atoms with van der Waals surface area (Å²) < 4.78 is 5.20. The summed E-state index contributed by atoms with van der Waals surface area (Å²) in [4.78, 5) is 27.4. The molecular weight excluding hydrogens is 466 g/mol. The van der Waals surface area contributed by atoms with Crippen LogP contribution in [0.5, 0.6) is 5.88 Å². The highest BCUT2D eigenvalue weighted by molar-refractivity contribution is 7.29. The quantitative estimate of drug-likeness (QED) is 0.425. The van der Waals surface area contributed by atoms with E-state index in [-0.39, 0.29) is 11.1 Å². The van der Waals surface area contributed by atoms with Crippen LogP contribution in [0.4, 0.5) is 5.13 Å². The second-order valence-corrected chi connectivity index (χ2v) is 11.9. The summed E-state index contributed by atoms with van der Waals surface area (Å²) in [6.45, 7) is 4.73. The zero-order valence-electron chi connectivity index (χ0n) is 19.7. The standard InChI is InChI=1S/C24H27N7OS2/c1-23-6-7-24(2,30-23)11-15(10-23)31(3)22-29-21-20(34-22)28-19(33-21)17-13-26-16(12-27-17)14-5-8-25-18(9-14)32-4/h5,8-9,12-13,15,30H,6-7,10-11H2,1-4H3/t15?,23-,24+. The Bertz CT molecular complexity index is 1300. The van der Waals surface area contributed by atoms with E-state index in [0.717, 1.165) is 49.6 Å². The molecule has 0 spiro atoms. The van der Waals surface area contributed by atoms with Crippen LogP contribution in [-0.2, 0) is 0 Å².